The number of aromatic nitrogens is 1. The first-order valence-corrected chi connectivity index (χ1v) is 9.44. The molecule has 0 fully saturated rings. The Bertz CT molecular complexity index is 921. The summed E-state index contributed by atoms with van der Waals surface area (Å²) in [5.41, 5.74) is 6.48. The molecule has 2 aromatic carbocycles. The maximum Gasteiger partial charge on any atom is 0.270 e. The van der Waals surface area contributed by atoms with E-state index in [-0.39, 0.29) is 5.69 Å². The van der Waals surface area contributed by atoms with Crippen LogP contribution in [0.3, 0.4) is 0 Å². The van der Waals surface area contributed by atoms with Crippen LogP contribution in [0.2, 0.25) is 0 Å². The van der Waals surface area contributed by atoms with Crippen molar-refractivity contribution in [3.8, 4) is 0 Å². The molecular weight excluding hydrogens is 360 g/mol. The molecule has 0 aliphatic carbocycles. The highest BCUT2D eigenvalue weighted by atomic mass is 32.1. The maximum absolute atomic E-state index is 11.3. The molecule has 0 radical (unpaired) electrons. The van der Waals surface area contributed by atoms with Crippen LogP contribution in [0.4, 0.5) is 15.8 Å². The van der Waals surface area contributed by atoms with Gasteiger partial charge in [-0.25, -0.2) is 4.98 Å². The Morgan fingerprint density at radius 3 is 2.44 bits per heavy atom. The van der Waals surface area contributed by atoms with Gasteiger partial charge in [-0.2, -0.15) is 0 Å². The number of carbonyl (C=O) groups is 2. The number of aldehydes is 1. The van der Waals surface area contributed by atoms with Crippen molar-refractivity contribution in [2.45, 2.75) is 20.3 Å². The lowest BCUT2D eigenvalue weighted by molar-refractivity contribution is -0.108. The second kappa shape index (κ2) is 9.68. The summed E-state index contributed by atoms with van der Waals surface area (Å²) in [5.74, 6) is -0.00957. The van der Waals surface area contributed by atoms with Gasteiger partial charge in [0.1, 0.15) is 11.3 Å². The number of nitrogens with zero attached hydrogens (tertiary/aromatic N) is 1. The van der Waals surface area contributed by atoms with Crippen LogP contribution >= 0.6 is 11.3 Å². The molecule has 0 unspecified atom stereocenters. The quantitative estimate of drug-likeness (QED) is 0.547. The van der Waals surface area contributed by atoms with E-state index >= 15 is 0 Å². The van der Waals surface area contributed by atoms with Gasteiger partial charge in [0.05, 0.1) is 0 Å². The van der Waals surface area contributed by atoms with Crippen molar-refractivity contribution in [3.05, 3.63) is 48.2 Å². The number of nitrogens with one attached hydrogen (secondary N) is 2. The Labute approximate surface area is 162 Å². The molecule has 0 saturated heterocycles. The smallest absolute Gasteiger partial charge is 0.270 e. The zero-order valence-electron chi connectivity index (χ0n) is 15.7. The minimum absolute atomic E-state index is 0.255. The van der Waals surface area contributed by atoms with E-state index in [2.05, 4.69) is 27.8 Å². The molecule has 3 aromatic rings. The van der Waals surface area contributed by atoms with Crippen molar-refractivity contribution >= 4 is 50.1 Å². The number of hydrogen-bond donors (Lipinski definition) is 3. The monoisotopic (exact) mass is 384 g/mol. The number of primary amides is 1. The number of amides is 1. The van der Waals surface area contributed by atoms with E-state index < -0.39 is 5.91 Å². The lowest BCUT2D eigenvalue weighted by Gasteiger charge is -2.04. The van der Waals surface area contributed by atoms with Crippen LogP contribution in [0.1, 0.15) is 30.8 Å². The molecular formula is C20H24N4O2S. The van der Waals surface area contributed by atoms with Crippen LogP contribution in [0.25, 0.3) is 10.8 Å². The molecule has 0 bridgehead atoms. The van der Waals surface area contributed by atoms with Crippen molar-refractivity contribution in [1.82, 2.24) is 4.98 Å². The lowest BCUT2D eigenvalue weighted by Crippen LogP contribution is -2.13. The maximum atomic E-state index is 11.3. The summed E-state index contributed by atoms with van der Waals surface area (Å²) >= 11 is 1.35. The van der Waals surface area contributed by atoms with Gasteiger partial charge in [-0.1, -0.05) is 55.5 Å². The second-order valence-electron chi connectivity index (χ2n) is 6.29. The lowest BCUT2D eigenvalue weighted by atomic mass is 10.1. The topological polar surface area (TPSA) is 97.1 Å². The van der Waals surface area contributed by atoms with Crippen molar-refractivity contribution in [3.63, 3.8) is 0 Å². The Kier molecular flexibility index (Phi) is 7.31. The Balaban J connectivity index is 0.000000380. The summed E-state index contributed by atoms with van der Waals surface area (Å²) < 4.78 is 0. The third kappa shape index (κ3) is 5.79. The zero-order chi connectivity index (χ0) is 19.8. The van der Waals surface area contributed by atoms with Crippen LogP contribution in [-0.2, 0) is 4.79 Å². The van der Waals surface area contributed by atoms with Crippen LogP contribution in [0.5, 0.6) is 0 Å². The third-order valence-corrected chi connectivity index (χ3v) is 4.64. The van der Waals surface area contributed by atoms with Crippen LogP contribution < -0.4 is 16.4 Å². The normalized spacial score (nSPS) is 10.2. The molecule has 6 nitrogen and oxygen atoms in total. The largest absolute Gasteiger partial charge is 0.378 e. The van der Waals surface area contributed by atoms with Crippen molar-refractivity contribution < 1.29 is 9.59 Å². The number of hydrogen-bond acceptors (Lipinski definition) is 6. The number of anilines is 3. The van der Waals surface area contributed by atoms with Crippen LogP contribution in [0, 0.1) is 5.92 Å². The SMILES string of the molecule is CC(C)CC=O.CNc1sc(Nc2ccc3ccccc3c2)nc1C(N)=O. The summed E-state index contributed by atoms with van der Waals surface area (Å²) in [5, 5.41) is 9.74. The minimum atomic E-state index is -0.540. The molecule has 1 aromatic heterocycles. The first-order chi connectivity index (χ1) is 12.9. The molecule has 3 rings (SSSR count). The summed E-state index contributed by atoms with van der Waals surface area (Å²) in [4.78, 5) is 25.2. The molecule has 0 saturated carbocycles. The van der Waals surface area contributed by atoms with Crippen molar-refractivity contribution in [2.24, 2.45) is 11.7 Å². The van der Waals surface area contributed by atoms with Gasteiger partial charge in [-0.05, 0) is 28.8 Å². The first-order valence-electron chi connectivity index (χ1n) is 8.62. The van der Waals surface area contributed by atoms with Gasteiger partial charge in [0, 0.05) is 19.2 Å². The highest BCUT2D eigenvalue weighted by molar-refractivity contribution is 7.19. The number of nitrogens with two attached hydrogens (primary N) is 1. The van der Waals surface area contributed by atoms with Gasteiger partial charge in [0.25, 0.3) is 5.91 Å². The second-order valence-corrected chi connectivity index (χ2v) is 7.29. The molecule has 0 spiro atoms. The van der Waals surface area contributed by atoms with Gasteiger partial charge in [-0.15, -0.1) is 0 Å². The van der Waals surface area contributed by atoms with E-state index in [0.717, 1.165) is 17.4 Å². The third-order valence-electron chi connectivity index (χ3n) is 3.66. The van der Waals surface area contributed by atoms with Gasteiger partial charge in [-0.3, -0.25) is 4.79 Å². The van der Waals surface area contributed by atoms with Gasteiger partial charge in [0.15, 0.2) is 10.8 Å². The number of carbonyl (C=O) groups excluding carboxylic acids is 2. The van der Waals surface area contributed by atoms with Crippen LogP contribution in [0.15, 0.2) is 42.5 Å². The summed E-state index contributed by atoms with van der Waals surface area (Å²) in [6.07, 6.45) is 1.64. The first kappa shape index (κ1) is 20.4. The minimum Gasteiger partial charge on any atom is -0.378 e. The highest BCUT2D eigenvalue weighted by Gasteiger charge is 2.14. The fourth-order valence-electron chi connectivity index (χ4n) is 2.29. The van der Waals surface area contributed by atoms with E-state index in [9.17, 15) is 9.59 Å². The van der Waals surface area contributed by atoms with E-state index in [0.29, 0.717) is 22.5 Å². The van der Waals surface area contributed by atoms with Gasteiger partial charge < -0.3 is 21.2 Å². The average molecular weight is 385 g/mol. The van der Waals surface area contributed by atoms with Crippen molar-refractivity contribution in [2.75, 3.05) is 17.7 Å². The number of benzene rings is 2. The summed E-state index contributed by atoms with van der Waals surface area (Å²) in [6.45, 7) is 4.04. The molecule has 1 heterocycles. The number of fused-ring (bicyclic) bond motifs is 1. The number of thiazole rings is 1. The van der Waals surface area contributed by atoms with E-state index in [1.165, 1.54) is 16.7 Å². The molecule has 4 N–H and O–H groups in total. The fraction of sp³-hybridized carbons (Fsp3) is 0.250. The molecule has 0 aliphatic heterocycles. The van der Waals surface area contributed by atoms with E-state index in [4.69, 9.17) is 5.73 Å². The van der Waals surface area contributed by atoms with E-state index in [1.54, 1.807) is 7.05 Å². The van der Waals surface area contributed by atoms with Crippen molar-refractivity contribution in [1.29, 1.82) is 0 Å². The summed E-state index contributed by atoms with van der Waals surface area (Å²) in [6, 6.07) is 14.2. The predicted octanol–water partition coefficient (Wildman–Crippen LogP) is 4.41. The highest BCUT2D eigenvalue weighted by Crippen LogP contribution is 2.30. The van der Waals surface area contributed by atoms with Gasteiger partial charge in [0.2, 0.25) is 0 Å². The fourth-order valence-corrected chi connectivity index (χ4v) is 3.14. The van der Waals surface area contributed by atoms with Gasteiger partial charge >= 0.3 is 0 Å². The molecule has 0 atom stereocenters. The number of rotatable bonds is 6. The van der Waals surface area contributed by atoms with E-state index in [1.807, 2.05) is 44.2 Å². The zero-order valence-corrected chi connectivity index (χ0v) is 16.5. The van der Waals surface area contributed by atoms with Crippen LogP contribution in [-0.4, -0.2) is 24.2 Å². The average Bonchev–Trinajstić information content (AvgIpc) is 3.05. The molecule has 0 aliphatic rings. The standard InChI is InChI=1S/C15H14N4OS.C5H10O/c1-17-14-12(13(16)20)19-15(21-14)18-11-7-6-9-4-2-3-5-10(9)8-11;1-5(2)3-4-6/h2-8,17H,1H3,(H2,16,20)(H,18,19);4-5H,3H2,1-2H3. The molecule has 7 heteroatoms. The molecule has 1 amide bonds. The Morgan fingerprint density at radius 2 is 1.93 bits per heavy atom. The Morgan fingerprint density at radius 1 is 1.22 bits per heavy atom. The summed E-state index contributed by atoms with van der Waals surface area (Å²) in [7, 11) is 1.74. The Hall–Kier alpha value is -2.93. The molecule has 142 valence electrons. The predicted molar refractivity (Wildman–Crippen MR) is 113 cm³/mol. The molecule has 27 heavy (non-hydrogen) atoms.